The molecule has 17 heavy (non-hydrogen) atoms. The monoisotopic (exact) mass is 230 g/mol. The first-order valence-electron chi connectivity index (χ1n) is 5.45. The van der Waals surface area contributed by atoms with Gasteiger partial charge < -0.3 is 4.74 Å². The minimum Gasteiger partial charge on any atom is -0.461 e. The molecule has 0 unspecified atom stereocenters. The van der Waals surface area contributed by atoms with E-state index in [1.807, 2.05) is 12.1 Å². The van der Waals surface area contributed by atoms with E-state index in [4.69, 9.17) is 4.79 Å². The zero-order valence-electron chi connectivity index (χ0n) is 10.3. The van der Waals surface area contributed by atoms with Gasteiger partial charge in [0, 0.05) is 11.1 Å². The molecular formula is C14H16NO2. The van der Waals surface area contributed by atoms with E-state index in [9.17, 15) is 0 Å². The summed E-state index contributed by atoms with van der Waals surface area (Å²) in [5.41, 5.74) is 2.26. The Morgan fingerprint density at radius 3 is 2.41 bits per heavy atom. The first-order chi connectivity index (χ1) is 8.19. The minimum absolute atomic E-state index is 0.504. The van der Waals surface area contributed by atoms with E-state index in [1.54, 1.807) is 0 Å². The van der Waals surface area contributed by atoms with Gasteiger partial charge in [0.15, 0.2) is 0 Å². The molecule has 0 atom stereocenters. The molecule has 89 valence electrons. The second-order valence-corrected chi connectivity index (χ2v) is 3.87. The first-order valence-corrected chi connectivity index (χ1v) is 5.45. The molecule has 2 aromatic rings. The molecule has 1 aromatic carbocycles. The molecule has 0 saturated carbocycles. The zero-order valence-corrected chi connectivity index (χ0v) is 10.3. The molecule has 3 heteroatoms. The number of ether oxygens (including phenoxy) is 1. The molecule has 0 aliphatic carbocycles. The van der Waals surface area contributed by atoms with Crippen molar-refractivity contribution in [3.8, 4) is 0 Å². The van der Waals surface area contributed by atoms with Crippen molar-refractivity contribution in [2.45, 2.75) is 19.8 Å². The summed E-state index contributed by atoms with van der Waals surface area (Å²) in [6, 6.07) is 12.5. The highest BCUT2D eigenvalue weighted by Crippen LogP contribution is 2.16. The van der Waals surface area contributed by atoms with Crippen molar-refractivity contribution in [2.24, 2.45) is 0 Å². The highest BCUT2D eigenvalue weighted by atomic mass is 16.5. The Morgan fingerprint density at radius 1 is 1.18 bits per heavy atom. The van der Waals surface area contributed by atoms with E-state index in [0.717, 1.165) is 5.52 Å². The average molecular weight is 230 g/mol. The number of aromatic nitrogens is 1. The van der Waals surface area contributed by atoms with Gasteiger partial charge in [-0.15, -0.1) is 0 Å². The Labute approximate surface area is 101 Å². The van der Waals surface area contributed by atoms with Gasteiger partial charge in [-0.2, -0.15) is 0 Å². The molecule has 0 fully saturated rings. The van der Waals surface area contributed by atoms with Crippen LogP contribution >= 0.6 is 0 Å². The van der Waals surface area contributed by atoms with Crippen molar-refractivity contribution in [3.63, 3.8) is 0 Å². The SMILES string of the molecule is CC(C)c1ccc2ccccc2n1.CO[C]=O. The van der Waals surface area contributed by atoms with Gasteiger partial charge in [0.05, 0.1) is 12.6 Å². The number of benzene rings is 1. The van der Waals surface area contributed by atoms with Crippen molar-refractivity contribution in [1.29, 1.82) is 0 Å². The van der Waals surface area contributed by atoms with E-state index in [2.05, 4.69) is 47.8 Å². The number of hydrogen-bond donors (Lipinski definition) is 0. The number of para-hydroxylation sites is 1. The van der Waals surface area contributed by atoms with Crippen molar-refractivity contribution < 1.29 is 9.53 Å². The third-order valence-electron chi connectivity index (χ3n) is 2.29. The van der Waals surface area contributed by atoms with Crippen LogP contribution in [0.4, 0.5) is 0 Å². The highest BCUT2D eigenvalue weighted by Gasteiger charge is 2.00. The van der Waals surface area contributed by atoms with Gasteiger partial charge in [-0.05, 0) is 18.1 Å². The van der Waals surface area contributed by atoms with Gasteiger partial charge in [0.25, 0.3) is 0 Å². The third kappa shape index (κ3) is 3.87. The summed E-state index contributed by atoms with van der Waals surface area (Å²) >= 11 is 0. The van der Waals surface area contributed by atoms with Gasteiger partial charge in [-0.3, -0.25) is 4.98 Å². The van der Waals surface area contributed by atoms with E-state index in [0.29, 0.717) is 5.92 Å². The van der Waals surface area contributed by atoms with Crippen LogP contribution in [0.25, 0.3) is 10.9 Å². The van der Waals surface area contributed by atoms with Gasteiger partial charge in [0.2, 0.25) is 0 Å². The molecule has 1 heterocycles. The molecule has 0 spiro atoms. The second-order valence-electron chi connectivity index (χ2n) is 3.87. The van der Waals surface area contributed by atoms with Gasteiger partial charge in [-0.25, -0.2) is 4.79 Å². The van der Waals surface area contributed by atoms with Crippen molar-refractivity contribution in [2.75, 3.05) is 7.11 Å². The summed E-state index contributed by atoms with van der Waals surface area (Å²) in [4.78, 5) is 13.4. The van der Waals surface area contributed by atoms with E-state index in [1.165, 1.54) is 24.7 Å². The van der Waals surface area contributed by atoms with Crippen LogP contribution < -0.4 is 0 Å². The zero-order chi connectivity index (χ0) is 12.7. The molecule has 3 nitrogen and oxygen atoms in total. The summed E-state index contributed by atoms with van der Waals surface area (Å²) in [5, 5.41) is 1.21. The smallest absolute Gasteiger partial charge is 0.417 e. The highest BCUT2D eigenvalue weighted by molar-refractivity contribution is 5.78. The molecule has 0 saturated heterocycles. The average Bonchev–Trinajstić information content (AvgIpc) is 2.38. The number of fused-ring (bicyclic) bond motifs is 1. The van der Waals surface area contributed by atoms with Crippen LogP contribution in [0.2, 0.25) is 0 Å². The second kappa shape index (κ2) is 6.63. The lowest BCUT2D eigenvalue weighted by molar-refractivity contribution is 0.353. The quantitative estimate of drug-likeness (QED) is 0.796. The summed E-state index contributed by atoms with van der Waals surface area (Å²) < 4.78 is 3.74. The number of carbonyl (C=O) groups excluding carboxylic acids is 1. The van der Waals surface area contributed by atoms with Gasteiger partial charge in [-0.1, -0.05) is 38.1 Å². The molecule has 0 N–H and O–H groups in total. The molecule has 0 bridgehead atoms. The molecule has 0 aliphatic rings. The van der Waals surface area contributed by atoms with Crippen LogP contribution in [0.15, 0.2) is 36.4 Å². The van der Waals surface area contributed by atoms with Crippen LogP contribution in [0.1, 0.15) is 25.5 Å². The summed E-state index contributed by atoms with van der Waals surface area (Å²) in [6.07, 6.45) is 0. The fourth-order valence-electron chi connectivity index (χ4n) is 1.40. The summed E-state index contributed by atoms with van der Waals surface area (Å²) in [6.45, 7) is 5.51. The first kappa shape index (κ1) is 13.2. The molecule has 0 amide bonds. The minimum atomic E-state index is 0.504. The number of pyridine rings is 1. The Bertz CT molecular complexity index is 480. The van der Waals surface area contributed by atoms with Crippen molar-refractivity contribution in [3.05, 3.63) is 42.1 Å². The van der Waals surface area contributed by atoms with E-state index in [-0.39, 0.29) is 0 Å². The Hall–Kier alpha value is -1.90. The lowest BCUT2D eigenvalue weighted by atomic mass is 10.1. The third-order valence-corrected chi connectivity index (χ3v) is 2.29. The standard InChI is InChI=1S/C12H13N.C2H3O2/c1-9(2)11-8-7-10-5-3-4-6-12(10)13-11;1-4-2-3/h3-9H,1-2H3;1H3. The molecule has 0 aliphatic heterocycles. The Balaban J connectivity index is 0.000000317. The molecule has 1 aromatic heterocycles. The van der Waals surface area contributed by atoms with Gasteiger partial charge in [0.1, 0.15) is 0 Å². The van der Waals surface area contributed by atoms with Gasteiger partial charge >= 0.3 is 6.47 Å². The maximum absolute atomic E-state index is 8.83. The maximum atomic E-state index is 8.83. The Kier molecular flexibility index (Phi) is 5.14. The van der Waals surface area contributed by atoms with Crippen LogP contribution in [0.5, 0.6) is 0 Å². The number of nitrogens with zero attached hydrogens (tertiary/aromatic N) is 1. The fourth-order valence-corrected chi connectivity index (χ4v) is 1.40. The topological polar surface area (TPSA) is 39.2 Å². The molecule has 2 rings (SSSR count). The van der Waals surface area contributed by atoms with Crippen LogP contribution in [-0.4, -0.2) is 18.6 Å². The summed E-state index contributed by atoms with van der Waals surface area (Å²) in [7, 11) is 1.26. The Morgan fingerprint density at radius 2 is 1.82 bits per heavy atom. The fraction of sp³-hybridized carbons (Fsp3) is 0.286. The lowest BCUT2D eigenvalue weighted by Gasteiger charge is -2.04. The van der Waals surface area contributed by atoms with E-state index >= 15 is 0 Å². The predicted octanol–water partition coefficient (Wildman–Crippen LogP) is 3.06. The number of hydrogen-bond acceptors (Lipinski definition) is 3. The molecule has 1 radical (unpaired) electrons. The van der Waals surface area contributed by atoms with Crippen LogP contribution in [-0.2, 0) is 9.53 Å². The summed E-state index contributed by atoms with van der Waals surface area (Å²) in [5.74, 6) is 0.504. The van der Waals surface area contributed by atoms with Crippen molar-refractivity contribution >= 4 is 17.4 Å². The largest absolute Gasteiger partial charge is 0.461 e. The number of rotatable bonds is 2. The lowest BCUT2D eigenvalue weighted by Crippen LogP contribution is -1.91. The normalized spacial score (nSPS) is 9.65. The molecular weight excluding hydrogens is 214 g/mol. The van der Waals surface area contributed by atoms with E-state index < -0.39 is 0 Å². The van der Waals surface area contributed by atoms with Crippen LogP contribution in [0.3, 0.4) is 0 Å². The maximum Gasteiger partial charge on any atom is 0.417 e. The predicted molar refractivity (Wildman–Crippen MR) is 68.5 cm³/mol. The van der Waals surface area contributed by atoms with Crippen LogP contribution in [0, 0.1) is 0 Å². The number of methoxy groups -OCH3 is 1. The van der Waals surface area contributed by atoms with Crippen molar-refractivity contribution in [1.82, 2.24) is 4.98 Å².